The van der Waals surface area contributed by atoms with Gasteiger partial charge in [-0.15, -0.1) is 0 Å². The molecule has 0 saturated carbocycles. The van der Waals surface area contributed by atoms with E-state index < -0.39 is 4.92 Å². The van der Waals surface area contributed by atoms with Crippen LogP contribution in [-0.2, 0) is 0 Å². The summed E-state index contributed by atoms with van der Waals surface area (Å²) in [5.41, 5.74) is 0.139. The molecule has 19 heavy (non-hydrogen) atoms. The van der Waals surface area contributed by atoms with Crippen molar-refractivity contribution in [3.63, 3.8) is 0 Å². The highest BCUT2D eigenvalue weighted by atomic mass is 79.9. The molecule has 0 atom stereocenters. The maximum absolute atomic E-state index is 10.6. The third-order valence-corrected chi connectivity index (χ3v) is 2.91. The van der Waals surface area contributed by atoms with Crippen LogP contribution in [0.15, 0.2) is 46.9 Å². The van der Waals surface area contributed by atoms with Crippen LogP contribution in [0.1, 0.15) is 5.56 Å². The average molecular weight is 323 g/mol. The summed E-state index contributed by atoms with van der Waals surface area (Å²) in [6.45, 7) is 0.779. The highest BCUT2D eigenvalue weighted by Gasteiger charge is 2.12. The molecular weight excluding hydrogens is 314 g/mol. The van der Waals surface area contributed by atoms with Gasteiger partial charge in [0.05, 0.1) is 4.92 Å². The summed E-state index contributed by atoms with van der Waals surface area (Å²) in [4.78, 5) is 10.1. The molecule has 0 amide bonds. The summed E-state index contributed by atoms with van der Waals surface area (Å²) >= 11 is 3.31. The number of nitro benzene ring substituents is 1. The molecule has 0 saturated heterocycles. The molecule has 6 heteroatoms. The number of halogens is 1. The molecule has 2 aromatic carbocycles. The van der Waals surface area contributed by atoms with Gasteiger partial charge in [0, 0.05) is 22.2 Å². The molecule has 1 radical (unpaired) electrons. The van der Waals surface area contributed by atoms with Crippen LogP contribution < -0.4 is 4.74 Å². The van der Waals surface area contributed by atoms with Gasteiger partial charge >= 0.3 is 0 Å². The molecule has 0 fully saturated rings. The number of non-ortho nitro benzene ring substituents is 1. The Hall–Kier alpha value is -1.92. The molecule has 0 heterocycles. The Morgan fingerprint density at radius 1 is 1.21 bits per heavy atom. The Kier molecular flexibility index (Phi) is 4.13. The van der Waals surface area contributed by atoms with Crippen molar-refractivity contribution in [2.45, 2.75) is 0 Å². The fourth-order valence-corrected chi connectivity index (χ4v) is 1.74. The van der Waals surface area contributed by atoms with Crippen LogP contribution in [0.25, 0.3) is 0 Å². The molecule has 2 aromatic rings. The van der Waals surface area contributed by atoms with Gasteiger partial charge in [0.15, 0.2) is 0 Å². The first kappa shape index (κ1) is 13.5. The van der Waals surface area contributed by atoms with E-state index in [9.17, 15) is 10.1 Å². The van der Waals surface area contributed by atoms with E-state index in [0.29, 0.717) is 11.5 Å². The maximum Gasteiger partial charge on any atom is 0.270 e. The van der Waals surface area contributed by atoms with Crippen molar-refractivity contribution in [3.05, 3.63) is 69.2 Å². The standard InChI is InChI=1S/C13H9BrNO4/c14-10-1-4-12(5-2-10)19-13-6-3-11(15(17)18)7-9(13)8-16/h1-8,16H. The van der Waals surface area contributed by atoms with Crippen LogP contribution in [-0.4, -0.2) is 10.0 Å². The Balaban J connectivity index is 2.29. The minimum atomic E-state index is -0.531. The second-order valence-electron chi connectivity index (χ2n) is 3.66. The van der Waals surface area contributed by atoms with Crippen LogP contribution in [0.5, 0.6) is 11.5 Å². The second kappa shape index (κ2) is 5.81. The van der Waals surface area contributed by atoms with Crippen molar-refractivity contribution in [3.8, 4) is 11.5 Å². The van der Waals surface area contributed by atoms with Crippen LogP contribution in [0.2, 0.25) is 0 Å². The Labute approximate surface area is 117 Å². The summed E-state index contributed by atoms with van der Waals surface area (Å²) in [7, 11) is 0. The van der Waals surface area contributed by atoms with E-state index in [0.717, 1.165) is 11.1 Å². The third kappa shape index (κ3) is 3.30. The van der Waals surface area contributed by atoms with E-state index in [4.69, 9.17) is 9.84 Å². The van der Waals surface area contributed by atoms with Crippen LogP contribution >= 0.6 is 15.9 Å². The molecule has 0 aliphatic heterocycles. The smallest absolute Gasteiger partial charge is 0.270 e. The first-order valence-corrected chi connectivity index (χ1v) is 6.09. The summed E-state index contributed by atoms with van der Waals surface area (Å²) in [6, 6.07) is 11.1. The number of aliphatic hydroxyl groups is 1. The van der Waals surface area contributed by atoms with Crippen molar-refractivity contribution in [2.24, 2.45) is 0 Å². The van der Waals surface area contributed by atoms with E-state index >= 15 is 0 Å². The summed E-state index contributed by atoms with van der Waals surface area (Å²) in [5.74, 6) is 0.913. The van der Waals surface area contributed by atoms with Crippen molar-refractivity contribution in [2.75, 3.05) is 0 Å². The zero-order valence-electron chi connectivity index (χ0n) is 9.62. The van der Waals surface area contributed by atoms with Gasteiger partial charge in [0.2, 0.25) is 0 Å². The minimum absolute atomic E-state index is 0.108. The number of hydrogen-bond acceptors (Lipinski definition) is 4. The maximum atomic E-state index is 10.6. The van der Waals surface area contributed by atoms with Crippen molar-refractivity contribution >= 4 is 21.6 Å². The van der Waals surface area contributed by atoms with Crippen LogP contribution in [0, 0.1) is 16.7 Å². The predicted octanol–water partition coefficient (Wildman–Crippen LogP) is 4.03. The lowest BCUT2D eigenvalue weighted by atomic mass is 10.2. The Morgan fingerprint density at radius 3 is 2.47 bits per heavy atom. The molecule has 0 unspecified atom stereocenters. The van der Waals surface area contributed by atoms with Gasteiger partial charge < -0.3 is 9.84 Å². The first-order chi connectivity index (χ1) is 9.10. The van der Waals surface area contributed by atoms with Gasteiger partial charge in [-0.3, -0.25) is 10.1 Å². The van der Waals surface area contributed by atoms with Gasteiger partial charge in [0.25, 0.3) is 5.69 Å². The predicted molar refractivity (Wildman–Crippen MR) is 72.7 cm³/mol. The average Bonchev–Trinajstić information content (AvgIpc) is 2.41. The molecule has 2 rings (SSSR count). The minimum Gasteiger partial charge on any atom is -0.457 e. The van der Waals surface area contributed by atoms with E-state index in [-0.39, 0.29) is 11.3 Å². The fraction of sp³-hybridized carbons (Fsp3) is 0. The highest BCUT2D eigenvalue weighted by molar-refractivity contribution is 9.10. The van der Waals surface area contributed by atoms with Crippen LogP contribution in [0.3, 0.4) is 0 Å². The molecule has 0 aromatic heterocycles. The second-order valence-corrected chi connectivity index (χ2v) is 4.58. The van der Waals surface area contributed by atoms with Gasteiger partial charge in [0.1, 0.15) is 18.1 Å². The Bertz CT molecular complexity index is 598. The van der Waals surface area contributed by atoms with Crippen molar-refractivity contribution in [1.82, 2.24) is 0 Å². The van der Waals surface area contributed by atoms with E-state index in [2.05, 4.69) is 15.9 Å². The van der Waals surface area contributed by atoms with E-state index in [1.54, 1.807) is 12.1 Å². The van der Waals surface area contributed by atoms with Crippen molar-refractivity contribution < 1.29 is 14.8 Å². The number of aliphatic hydroxyl groups excluding tert-OH is 1. The molecule has 0 spiro atoms. The number of benzene rings is 2. The summed E-state index contributed by atoms with van der Waals surface area (Å²) in [5, 5.41) is 19.8. The lowest BCUT2D eigenvalue weighted by molar-refractivity contribution is -0.384. The monoisotopic (exact) mass is 322 g/mol. The largest absolute Gasteiger partial charge is 0.457 e. The Morgan fingerprint density at radius 2 is 1.89 bits per heavy atom. The van der Waals surface area contributed by atoms with Gasteiger partial charge in [-0.05, 0) is 30.3 Å². The van der Waals surface area contributed by atoms with Gasteiger partial charge in [-0.25, -0.2) is 0 Å². The van der Waals surface area contributed by atoms with Crippen molar-refractivity contribution in [1.29, 1.82) is 0 Å². The number of ether oxygens (including phenoxy) is 1. The SMILES string of the molecule is O=[N+]([O-])c1ccc(Oc2ccc(Br)cc2)c([CH]O)c1. The fourth-order valence-electron chi connectivity index (χ4n) is 1.47. The van der Waals surface area contributed by atoms with E-state index in [1.807, 2.05) is 12.1 Å². The highest BCUT2D eigenvalue weighted by Crippen LogP contribution is 2.29. The molecule has 97 valence electrons. The quantitative estimate of drug-likeness (QED) is 0.681. The molecule has 5 nitrogen and oxygen atoms in total. The molecule has 0 aliphatic carbocycles. The zero-order valence-corrected chi connectivity index (χ0v) is 11.2. The molecular formula is C13H9BrNO4. The van der Waals surface area contributed by atoms with Gasteiger partial charge in [-0.2, -0.15) is 0 Å². The summed E-state index contributed by atoms with van der Waals surface area (Å²) < 4.78 is 6.47. The van der Waals surface area contributed by atoms with Crippen LogP contribution in [0.4, 0.5) is 5.69 Å². The lowest BCUT2D eigenvalue weighted by Gasteiger charge is -2.09. The normalized spacial score (nSPS) is 10.2. The number of rotatable bonds is 4. The molecule has 1 N–H and O–H groups in total. The zero-order chi connectivity index (χ0) is 13.8. The summed E-state index contributed by atoms with van der Waals surface area (Å²) in [6.07, 6.45) is 0. The van der Waals surface area contributed by atoms with Gasteiger partial charge in [-0.1, -0.05) is 15.9 Å². The molecule has 0 bridgehead atoms. The molecule has 0 aliphatic rings. The number of nitrogens with zero attached hydrogens (tertiary/aromatic N) is 1. The topological polar surface area (TPSA) is 72.6 Å². The third-order valence-electron chi connectivity index (χ3n) is 2.38. The number of hydrogen-bond donors (Lipinski definition) is 1. The lowest BCUT2D eigenvalue weighted by Crippen LogP contribution is -1.94. The first-order valence-electron chi connectivity index (χ1n) is 5.29. The number of nitro groups is 1. The van der Waals surface area contributed by atoms with E-state index in [1.165, 1.54) is 18.2 Å².